The van der Waals surface area contributed by atoms with Crippen molar-refractivity contribution in [3.8, 4) is 0 Å². The van der Waals surface area contributed by atoms with Gasteiger partial charge in [-0.2, -0.15) is 0 Å². The quantitative estimate of drug-likeness (QED) is 0.664. The van der Waals surface area contributed by atoms with Crippen LogP contribution in [-0.4, -0.2) is 29.8 Å². The third-order valence-electron chi connectivity index (χ3n) is 5.56. The van der Waals surface area contributed by atoms with E-state index in [4.69, 9.17) is 0 Å². The number of carbonyl (C=O) groups is 1. The monoisotopic (exact) mass is 396 g/mol. The van der Waals surface area contributed by atoms with Crippen molar-refractivity contribution in [3.63, 3.8) is 0 Å². The third kappa shape index (κ3) is 3.97. The summed E-state index contributed by atoms with van der Waals surface area (Å²) in [6.45, 7) is 4.38. The minimum Gasteiger partial charge on any atom is -0.349 e. The van der Waals surface area contributed by atoms with Gasteiger partial charge in [-0.3, -0.25) is 13.9 Å². The number of nitrogens with zero attached hydrogens (tertiary/aromatic N) is 5. The molecule has 3 heterocycles. The summed E-state index contributed by atoms with van der Waals surface area (Å²) in [6, 6.07) is 7.75. The van der Waals surface area contributed by atoms with E-state index in [0.29, 0.717) is 19.6 Å². The van der Waals surface area contributed by atoms with Gasteiger partial charge in [-0.25, -0.2) is 4.79 Å². The van der Waals surface area contributed by atoms with Gasteiger partial charge in [0, 0.05) is 32.5 Å². The van der Waals surface area contributed by atoms with E-state index in [9.17, 15) is 9.59 Å². The Morgan fingerprint density at radius 2 is 1.83 bits per heavy atom. The zero-order valence-corrected chi connectivity index (χ0v) is 16.9. The number of aromatic nitrogens is 5. The van der Waals surface area contributed by atoms with Crippen LogP contribution in [0, 0.1) is 0 Å². The lowest BCUT2D eigenvalue weighted by Crippen LogP contribution is -2.29. The number of benzene rings is 1. The highest BCUT2D eigenvalue weighted by Gasteiger charge is 2.16. The summed E-state index contributed by atoms with van der Waals surface area (Å²) in [5.74, 6) is 1.74. The number of aryl methyl sites for hydroxylation is 3. The van der Waals surface area contributed by atoms with Crippen LogP contribution in [0.25, 0.3) is 11.0 Å². The van der Waals surface area contributed by atoms with Crippen LogP contribution in [0.4, 0.5) is 0 Å². The molecule has 0 unspecified atom stereocenters. The molecule has 0 fully saturated rings. The Bertz CT molecular complexity index is 1060. The molecule has 29 heavy (non-hydrogen) atoms. The fourth-order valence-electron chi connectivity index (χ4n) is 4.08. The van der Waals surface area contributed by atoms with Gasteiger partial charge in [0.2, 0.25) is 5.91 Å². The molecule has 8 heteroatoms. The van der Waals surface area contributed by atoms with Crippen LogP contribution in [0.2, 0.25) is 0 Å². The third-order valence-corrected chi connectivity index (χ3v) is 5.56. The zero-order valence-electron chi connectivity index (χ0n) is 16.9. The van der Waals surface area contributed by atoms with E-state index in [1.807, 2.05) is 24.3 Å². The van der Waals surface area contributed by atoms with E-state index in [1.54, 1.807) is 9.13 Å². The van der Waals surface area contributed by atoms with Crippen LogP contribution in [-0.2, 0) is 37.4 Å². The van der Waals surface area contributed by atoms with Gasteiger partial charge >= 0.3 is 5.69 Å². The first-order valence-corrected chi connectivity index (χ1v) is 10.5. The fraction of sp³-hybridized carbons (Fsp3) is 0.524. The van der Waals surface area contributed by atoms with Gasteiger partial charge in [0.15, 0.2) is 5.82 Å². The molecule has 4 rings (SSSR count). The second-order valence-corrected chi connectivity index (χ2v) is 7.60. The first kappa shape index (κ1) is 19.4. The largest absolute Gasteiger partial charge is 0.349 e. The summed E-state index contributed by atoms with van der Waals surface area (Å²) in [7, 11) is 0. The minimum atomic E-state index is -0.0878. The van der Waals surface area contributed by atoms with Crippen LogP contribution >= 0.6 is 0 Å². The maximum Gasteiger partial charge on any atom is 0.329 e. The van der Waals surface area contributed by atoms with E-state index in [2.05, 4.69) is 27.0 Å². The Labute approximate surface area is 169 Å². The molecule has 0 aliphatic carbocycles. The number of amides is 1. The van der Waals surface area contributed by atoms with Gasteiger partial charge < -0.3 is 9.88 Å². The number of nitrogens with one attached hydrogen (secondary N) is 1. The van der Waals surface area contributed by atoms with Gasteiger partial charge in [0.1, 0.15) is 5.82 Å². The van der Waals surface area contributed by atoms with Crippen molar-refractivity contribution in [2.45, 2.75) is 71.6 Å². The normalized spacial score (nSPS) is 14.0. The predicted molar refractivity (Wildman–Crippen MR) is 111 cm³/mol. The number of hydrogen-bond acceptors (Lipinski definition) is 4. The van der Waals surface area contributed by atoms with E-state index >= 15 is 0 Å². The Morgan fingerprint density at radius 1 is 1.07 bits per heavy atom. The first-order valence-electron chi connectivity index (χ1n) is 10.5. The van der Waals surface area contributed by atoms with Crippen LogP contribution in [0.15, 0.2) is 29.1 Å². The molecule has 0 radical (unpaired) electrons. The van der Waals surface area contributed by atoms with Crippen LogP contribution in [0.1, 0.15) is 50.7 Å². The molecule has 1 amide bonds. The van der Waals surface area contributed by atoms with Crippen LogP contribution in [0.3, 0.4) is 0 Å². The lowest BCUT2D eigenvalue weighted by atomic mass is 10.2. The van der Waals surface area contributed by atoms with E-state index in [0.717, 1.165) is 54.9 Å². The van der Waals surface area contributed by atoms with Gasteiger partial charge in [-0.15, -0.1) is 10.2 Å². The number of hydrogen-bond donors (Lipinski definition) is 1. The molecular weight excluding hydrogens is 368 g/mol. The summed E-state index contributed by atoms with van der Waals surface area (Å²) in [5.41, 5.74) is 1.75. The van der Waals surface area contributed by atoms with Crippen molar-refractivity contribution < 1.29 is 4.79 Å². The number of rotatable bonds is 7. The molecule has 1 aliphatic heterocycles. The Kier molecular flexibility index (Phi) is 5.78. The van der Waals surface area contributed by atoms with E-state index < -0.39 is 0 Å². The molecule has 3 aromatic rings. The summed E-state index contributed by atoms with van der Waals surface area (Å²) in [5, 5.41) is 11.5. The van der Waals surface area contributed by atoms with E-state index in [-0.39, 0.29) is 18.0 Å². The smallest absolute Gasteiger partial charge is 0.329 e. The Balaban J connectivity index is 1.41. The second kappa shape index (κ2) is 8.63. The standard InChI is InChI=1S/C21H28N6O2/c1-2-12-25-16-8-5-6-9-17(16)26(21(25)29)14-11-20(28)22-15-19-24-23-18-10-4-3-7-13-27(18)19/h5-6,8-9H,2-4,7,10-15H2,1H3,(H,22,28). The van der Waals surface area contributed by atoms with Crippen molar-refractivity contribution in [1.29, 1.82) is 0 Å². The van der Waals surface area contributed by atoms with Gasteiger partial charge in [0.05, 0.1) is 17.6 Å². The highest BCUT2D eigenvalue weighted by atomic mass is 16.2. The first-order chi connectivity index (χ1) is 14.2. The highest BCUT2D eigenvalue weighted by Crippen LogP contribution is 2.15. The maximum absolute atomic E-state index is 12.8. The Hall–Kier alpha value is -2.90. The molecule has 2 aromatic heterocycles. The molecule has 0 spiro atoms. The lowest BCUT2D eigenvalue weighted by molar-refractivity contribution is -0.121. The summed E-state index contributed by atoms with van der Waals surface area (Å²) in [4.78, 5) is 25.2. The van der Waals surface area contributed by atoms with Crippen molar-refractivity contribution in [3.05, 3.63) is 46.4 Å². The van der Waals surface area contributed by atoms with Crippen molar-refractivity contribution in [1.82, 2.24) is 29.2 Å². The molecule has 0 bridgehead atoms. The maximum atomic E-state index is 12.8. The van der Waals surface area contributed by atoms with E-state index in [1.165, 1.54) is 6.42 Å². The molecule has 1 aromatic carbocycles. The molecule has 1 N–H and O–H groups in total. The van der Waals surface area contributed by atoms with Gasteiger partial charge in [0.25, 0.3) is 0 Å². The topological polar surface area (TPSA) is 86.7 Å². The predicted octanol–water partition coefficient (Wildman–Crippen LogP) is 2.24. The average Bonchev–Trinajstić information content (AvgIpc) is 3.12. The number of imidazole rings is 1. The molecule has 0 saturated carbocycles. The van der Waals surface area contributed by atoms with Crippen molar-refractivity contribution >= 4 is 16.9 Å². The fourth-order valence-corrected chi connectivity index (χ4v) is 4.08. The SMILES string of the molecule is CCCn1c(=O)n(CCC(=O)NCc2nnc3n2CCCCC3)c2ccccc21. The minimum absolute atomic E-state index is 0.0522. The lowest BCUT2D eigenvalue weighted by Gasteiger charge is -2.08. The zero-order chi connectivity index (χ0) is 20.2. The molecule has 0 saturated heterocycles. The number of fused-ring (bicyclic) bond motifs is 2. The number of para-hydroxylation sites is 2. The van der Waals surface area contributed by atoms with Gasteiger partial charge in [-0.1, -0.05) is 25.5 Å². The molecule has 1 aliphatic rings. The molecular formula is C21H28N6O2. The van der Waals surface area contributed by atoms with Gasteiger partial charge in [-0.05, 0) is 31.4 Å². The summed E-state index contributed by atoms with van der Waals surface area (Å²) in [6.07, 6.45) is 5.56. The molecule has 8 nitrogen and oxygen atoms in total. The molecule has 0 atom stereocenters. The summed E-state index contributed by atoms with van der Waals surface area (Å²) < 4.78 is 5.63. The average molecular weight is 396 g/mol. The van der Waals surface area contributed by atoms with Crippen LogP contribution in [0.5, 0.6) is 0 Å². The van der Waals surface area contributed by atoms with Crippen molar-refractivity contribution in [2.75, 3.05) is 0 Å². The molecule has 154 valence electrons. The highest BCUT2D eigenvalue weighted by molar-refractivity contribution is 5.77. The van der Waals surface area contributed by atoms with Crippen molar-refractivity contribution in [2.24, 2.45) is 0 Å². The van der Waals surface area contributed by atoms with Crippen LogP contribution < -0.4 is 11.0 Å². The second-order valence-electron chi connectivity index (χ2n) is 7.60. The number of carbonyl (C=O) groups excluding carboxylic acids is 1. The summed E-state index contributed by atoms with van der Waals surface area (Å²) >= 11 is 0. The Morgan fingerprint density at radius 3 is 2.59 bits per heavy atom.